The van der Waals surface area contributed by atoms with Gasteiger partial charge in [0, 0.05) is 18.8 Å². The molecule has 0 bridgehead atoms. The summed E-state index contributed by atoms with van der Waals surface area (Å²) >= 11 is 0. The van der Waals surface area contributed by atoms with Gasteiger partial charge in [0.1, 0.15) is 0 Å². The average Bonchev–Trinajstić information content (AvgIpc) is 2.12. The van der Waals surface area contributed by atoms with Gasteiger partial charge in [-0.05, 0) is 19.3 Å². The van der Waals surface area contributed by atoms with Gasteiger partial charge in [-0.15, -0.1) is 0 Å². The number of unbranched alkanes of at least 4 members (excludes halogenated alkanes) is 1. The van der Waals surface area contributed by atoms with E-state index in [1.165, 1.54) is 44.5 Å². The van der Waals surface area contributed by atoms with E-state index in [1.807, 2.05) is 0 Å². The van der Waals surface area contributed by atoms with Crippen LogP contribution in [-0.4, -0.2) is 18.0 Å². The van der Waals surface area contributed by atoms with Gasteiger partial charge in [0.15, 0.2) is 0 Å². The third-order valence-corrected chi connectivity index (χ3v) is 2.26. The Morgan fingerprint density at radius 1 is 1.00 bits per heavy atom. The van der Waals surface area contributed by atoms with Crippen molar-refractivity contribution in [3.8, 4) is 0 Å². The molecule has 0 rings (SSSR count). The molecule has 1 heteroatoms. The molecule has 78 valence electrons. The molecule has 1 nitrogen and oxygen atoms in total. The summed E-state index contributed by atoms with van der Waals surface area (Å²) in [5.74, 6) is 0. The van der Waals surface area contributed by atoms with Crippen molar-refractivity contribution < 1.29 is 0 Å². The van der Waals surface area contributed by atoms with E-state index in [4.69, 9.17) is 0 Å². The van der Waals surface area contributed by atoms with Crippen molar-refractivity contribution in [1.82, 2.24) is 4.90 Å². The van der Waals surface area contributed by atoms with Gasteiger partial charge in [-0.2, -0.15) is 0 Å². The molecule has 0 aromatic heterocycles. The summed E-state index contributed by atoms with van der Waals surface area (Å²) in [5, 5.41) is 0. The molecule has 0 aliphatic carbocycles. The van der Waals surface area contributed by atoms with Crippen LogP contribution in [0, 0.1) is 0 Å². The lowest BCUT2D eigenvalue weighted by atomic mass is 10.2. The van der Waals surface area contributed by atoms with Gasteiger partial charge in [0.25, 0.3) is 0 Å². The second kappa shape index (κ2) is 8.15. The SMILES string of the molecule is C=C(CCC)N(CCC)CCCC. The van der Waals surface area contributed by atoms with E-state index in [2.05, 4.69) is 32.3 Å². The molecular weight excluding hydrogens is 158 g/mol. The van der Waals surface area contributed by atoms with Crippen LogP contribution in [0.15, 0.2) is 12.3 Å². The first kappa shape index (κ1) is 12.5. The lowest BCUT2D eigenvalue weighted by Gasteiger charge is -2.26. The van der Waals surface area contributed by atoms with E-state index in [-0.39, 0.29) is 0 Å². The van der Waals surface area contributed by atoms with Crippen molar-refractivity contribution >= 4 is 0 Å². The second-order valence-electron chi connectivity index (χ2n) is 3.66. The van der Waals surface area contributed by atoms with Crippen molar-refractivity contribution in [1.29, 1.82) is 0 Å². The number of hydrogen-bond acceptors (Lipinski definition) is 1. The maximum absolute atomic E-state index is 4.14. The minimum atomic E-state index is 1.16. The molecule has 0 fully saturated rings. The molecule has 0 unspecified atom stereocenters. The van der Waals surface area contributed by atoms with Gasteiger partial charge < -0.3 is 4.90 Å². The smallest absolute Gasteiger partial charge is 0.0174 e. The van der Waals surface area contributed by atoms with Crippen molar-refractivity contribution in [3.05, 3.63) is 12.3 Å². The summed E-state index contributed by atoms with van der Waals surface area (Å²) in [7, 11) is 0. The van der Waals surface area contributed by atoms with Gasteiger partial charge >= 0.3 is 0 Å². The molecule has 0 saturated carbocycles. The first-order chi connectivity index (χ1) is 6.26. The Balaban J connectivity index is 3.83. The maximum Gasteiger partial charge on any atom is 0.0174 e. The zero-order chi connectivity index (χ0) is 10.1. The van der Waals surface area contributed by atoms with Gasteiger partial charge in [-0.25, -0.2) is 0 Å². The number of rotatable bonds is 8. The van der Waals surface area contributed by atoms with Crippen LogP contribution in [0.3, 0.4) is 0 Å². The summed E-state index contributed by atoms with van der Waals surface area (Å²) in [6.07, 6.45) is 6.17. The van der Waals surface area contributed by atoms with Crippen molar-refractivity contribution in [3.63, 3.8) is 0 Å². The zero-order valence-corrected chi connectivity index (χ0v) is 9.60. The molecule has 0 aromatic rings. The van der Waals surface area contributed by atoms with Crippen LogP contribution < -0.4 is 0 Å². The Morgan fingerprint density at radius 3 is 2.15 bits per heavy atom. The van der Waals surface area contributed by atoms with Crippen molar-refractivity contribution in [2.24, 2.45) is 0 Å². The Kier molecular flexibility index (Phi) is 7.86. The van der Waals surface area contributed by atoms with E-state index in [1.54, 1.807) is 0 Å². The molecule has 13 heavy (non-hydrogen) atoms. The molecule has 0 spiro atoms. The molecule has 0 radical (unpaired) electrons. The molecule has 0 aliphatic rings. The van der Waals surface area contributed by atoms with Crippen LogP contribution in [0.4, 0.5) is 0 Å². The average molecular weight is 183 g/mol. The standard InChI is InChI=1S/C12H25N/c1-5-8-11-13(10-7-3)12(4)9-6-2/h4-11H2,1-3H3. The number of nitrogens with zero attached hydrogens (tertiary/aromatic N) is 1. The predicted octanol–water partition coefficient (Wildman–Crippen LogP) is 3.81. The highest BCUT2D eigenvalue weighted by atomic mass is 15.1. The van der Waals surface area contributed by atoms with Crippen LogP contribution >= 0.6 is 0 Å². The van der Waals surface area contributed by atoms with Crippen LogP contribution in [0.1, 0.15) is 52.9 Å². The molecule has 0 aromatic carbocycles. The lowest BCUT2D eigenvalue weighted by molar-refractivity contribution is 0.327. The number of hydrogen-bond donors (Lipinski definition) is 0. The quantitative estimate of drug-likeness (QED) is 0.553. The van der Waals surface area contributed by atoms with Crippen LogP contribution in [-0.2, 0) is 0 Å². The van der Waals surface area contributed by atoms with Crippen LogP contribution in [0.2, 0.25) is 0 Å². The highest BCUT2D eigenvalue weighted by molar-refractivity contribution is 4.93. The number of allylic oxidation sites excluding steroid dienone is 1. The molecule has 0 heterocycles. The van der Waals surface area contributed by atoms with Crippen LogP contribution in [0.25, 0.3) is 0 Å². The van der Waals surface area contributed by atoms with Crippen molar-refractivity contribution in [2.45, 2.75) is 52.9 Å². The maximum atomic E-state index is 4.14. The highest BCUT2D eigenvalue weighted by Crippen LogP contribution is 2.10. The van der Waals surface area contributed by atoms with E-state index >= 15 is 0 Å². The Labute approximate surface area is 83.8 Å². The lowest BCUT2D eigenvalue weighted by Crippen LogP contribution is -2.24. The summed E-state index contributed by atoms with van der Waals surface area (Å²) in [4.78, 5) is 2.45. The normalized spacial score (nSPS) is 10.1. The molecule has 0 aliphatic heterocycles. The summed E-state index contributed by atoms with van der Waals surface area (Å²) in [6.45, 7) is 13.2. The van der Waals surface area contributed by atoms with Gasteiger partial charge in [0.2, 0.25) is 0 Å². The van der Waals surface area contributed by atoms with Gasteiger partial charge in [-0.1, -0.05) is 40.2 Å². The topological polar surface area (TPSA) is 3.24 Å². The second-order valence-corrected chi connectivity index (χ2v) is 3.66. The Hall–Kier alpha value is -0.460. The molecule has 0 saturated heterocycles. The Morgan fingerprint density at radius 2 is 1.69 bits per heavy atom. The van der Waals surface area contributed by atoms with E-state index in [0.717, 1.165) is 6.42 Å². The minimum absolute atomic E-state index is 1.16. The highest BCUT2D eigenvalue weighted by Gasteiger charge is 2.04. The summed E-state index contributed by atoms with van der Waals surface area (Å²) in [5.41, 5.74) is 1.33. The van der Waals surface area contributed by atoms with Gasteiger partial charge in [-0.3, -0.25) is 0 Å². The zero-order valence-electron chi connectivity index (χ0n) is 9.60. The largest absolute Gasteiger partial charge is 0.375 e. The summed E-state index contributed by atoms with van der Waals surface area (Å²) < 4.78 is 0. The molecule has 0 amide bonds. The molecule has 0 atom stereocenters. The Bertz CT molecular complexity index is 129. The monoisotopic (exact) mass is 183 g/mol. The van der Waals surface area contributed by atoms with E-state index in [0.29, 0.717) is 0 Å². The minimum Gasteiger partial charge on any atom is -0.375 e. The summed E-state index contributed by atoms with van der Waals surface area (Å²) in [6, 6.07) is 0. The third kappa shape index (κ3) is 5.73. The fourth-order valence-corrected chi connectivity index (χ4v) is 1.49. The molecular formula is C12H25N. The van der Waals surface area contributed by atoms with Gasteiger partial charge in [0.05, 0.1) is 0 Å². The first-order valence-corrected chi connectivity index (χ1v) is 5.68. The van der Waals surface area contributed by atoms with Crippen LogP contribution in [0.5, 0.6) is 0 Å². The van der Waals surface area contributed by atoms with E-state index < -0.39 is 0 Å². The predicted molar refractivity (Wildman–Crippen MR) is 60.8 cm³/mol. The third-order valence-electron chi connectivity index (χ3n) is 2.26. The first-order valence-electron chi connectivity index (χ1n) is 5.68. The fraction of sp³-hybridized carbons (Fsp3) is 0.833. The van der Waals surface area contributed by atoms with E-state index in [9.17, 15) is 0 Å². The molecule has 0 N–H and O–H groups in total. The van der Waals surface area contributed by atoms with Crippen molar-refractivity contribution in [2.75, 3.05) is 13.1 Å². The fourth-order valence-electron chi connectivity index (χ4n) is 1.49.